The minimum Gasteiger partial charge on any atom is -0.497 e. The third-order valence-electron chi connectivity index (χ3n) is 7.82. The fourth-order valence-corrected chi connectivity index (χ4v) is 5.69. The number of rotatable bonds is 7. The summed E-state index contributed by atoms with van der Waals surface area (Å²) in [6.07, 6.45) is 0.607. The number of hydrogen-bond acceptors (Lipinski definition) is 6. The Morgan fingerprint density at radius 1 is 0.822 bits per heavy atom. The molecule has 45 heavy (non-hydrogen) atoms. The van der Waals surface area contributed by atoms with Crippen molar-refractivity contribution < 1.29 is 9.53 Å². The van der Waals surface area contributed by atoms with Gasteiger partial charge < -0.3 is 10.1 Å². The molecule has 1 N–H and O–H groups in total. The summed E-state index contributed by atoms with van der Waals surface area (Å²) in [5.41, 5.74) is 6.63. The van der Waals surface area contributed by atoms with Gasteiger partial charge in [0.25, 0.3) is 5.91 Å². The zero-order valence-electron chi connectivity index (χ0n) is 24.4. The second kappa shape index (κ2) is 12.2. The molecule has 1 aliphatic heterocycles. The summed E-state index contributed by atoms with van der Waals surface area (Å²) >= 11 is 6.31. The van der Waals surface area contributed by atoms with E-state index in [9.17, 15) is 4.79 Å². The number of anilines is 2. The highest BCUT2D eigenvalue weighted by Gasteiger charge is 2.33. The van der Waals surface area contributed by atoms with Crippen molar-refractivity contribution in [1.29, 1.82) is 0 Å². The van der Waals surface area contributed by atoms with E-state index in [0.29, 0.717) is 23.0 Å². The highest BCUT2D eigenvalue weighted by Crippen LogP contribution is 2.35. The molecule has 8 heteroatoms. The molecule has 0 unspecified atom stereocenters. The third-order valence-corrected chi connectivity index (χ3v) is 8.05. The Morgan fingerprint density at radius 2 is 1.53 bits per heavy atom. The van der Waals surface area contributed by atoms with Crippen LogP contribution in [0.25, 0.3) is 22.2 Å². The van der Waals surface area contributed by atoms with Crippen LogP contribution >= 0.6 is 11.6 Å². The first-order valence-electron chi connectivity index (χ1n) is 14.6. The van der Waals surface area contributed by atoms with Crippen molar-refractivity contribution in [2.45, 2.75) is 12.5 Å². The van der Waals surface area contributed by atoms with Gasteiger partial charge in [-0.05, 0) is 77.9 Å². The van der Waals surface area contributed by atoms with E-state index in [1.165, 1.54) is 0 Å². The number of ether oxygens (including phenoxy) is 1. The number of halogens is 1. The van der Waals surface area contributed by atoms with Crippen LogP contribution in [0.3, 0.4) is 0 Å². The van der Waals surface area contributed by atoms with Gasteiger partial charge in [-0.3, -0.25) is 4.79 Å². The lowest BCUT2D eigenvalue weighted by Crippen LogP contribution is -2.27. The van der Waals surface area contributed by atoms with Crippen LogP contribution in [0.15, 0.2) is 132 Å². The maximum absolute atomic E-state index is 13.9. The van der Waals surface area contributed by atoms with E-state index in [1.807, 2.05) is 115 Å². The number of fused-ring (bicyclic) bond motifs is 1. The third kappa shape index (κ3) is 5.86. The van der Waals surface area contributed by atoms with E-state index in [-0.39, 0.29) is 11.9 Å². The van der Waals surface area contributed by atoms with Gasteiger partial charge in [-0.15, -0.1) is 0 Å². The van der Waals surface area contributed by atoms with Crippen molar-refractivity contribution in [2.24, 2.45) is 5.10 Å². The van der Waals surface area contributed by atoms with Gasteiger partial charge in [0, 0.05) is 33.6 Å². The predicted octanol–water partition coefficient (Wildman–Crippen LogP) is 8.69. The molecule has 0 saturated carbocycles. The maximum atomic E-state index is 13.9. The molecule has 0 fully saturated rings. The van der Waals surface area contributed by atoms with Gasteiger partial charge in [-0.2, -0.15) is 5.10 Å². The first-order valence-corrected chi connectivity index (χ1v) is 14.9. The second-order valence-electron chi connectivity index (χ2n) is 10.7. The number of carbonyl (C=O) groups is 1. The molecule has 7 nitrogen and oxygen atoms in total. The van der Waals surface area contributed by atoms with E-state index in [2.05, 4.69) is 5.32 Å². The molecule has 0 radical (unpaired) electrons. The number of amides is 1. The van der Waals surface area contributed by atoms with Gasteiger partial charge in [0.1, 0.15) is 5.75 Å². The summed E-state index contributed by atoms with van der Waals surface area (Å²) in [4.78, 5) is 23.5. The summed E-state index contributed by atoms with van der Waals surface area (Å²) in [5.74, 6) is 1.04. The number of nitrogens with zero attached hydrogens (tertiary/aromatic N) is 4. The monoisotopic (exact) mass is 609 g/mol. The molecule has 1 atom stereocenters. The van der Waals surface area contributed by atoms with Crippen LogP contribution in [-0.2, 0) is 0 Å². The van der Waals surface area contributed by atoms with Crippen molar-refractivity contribution in [2.75, 3.05) is 12.4 Å². The lowest BCUT2D eigenvalue weighted by Gasteiger charge is -2.22. The van der Waals surface area contributed by atoms with Gasteiger partial charge in [0.15, 0.2) is 0 Å². The molecule has 0 bridgehead atoms. The molecular weight excluding hydrogens is 582 g/mol. The fourth-order valence-electron chi connectivity index (χ4n) is 5.52. The minimum absolute atomic E-state index is 0.177. The fraction of sp³-hybridized carbons (Fsp3) is 0.0811. The zero-order chi connectivity index (χ0) is 30.8. The predicted molar refractivity (Wildman–Crippen MR) is 179 cm³/mol. The molecular formula is C37H28ClN5O2. The molecule has 7 rings (SSSR count). The summed E-state index contributed by atoms with van der Waals surface area (Å²) in [5, 5.41) is 11.2. The van der Waals surface area contributed by atoms with E-state index < -0.39 is 0 Å². The molecule has 0 spiro atoms. The number of nitrogens with one attached hydrogen (secondary N) is 1. The normalized spacial score (nSPS) is 14.3. The van der Waals surface area contributed by atoms with Gasteiger partial charge in [-0.1, -0.05) is 72.3 Å². The van der Waals surface area contributed by atoms with E-state index in [1.54, 1.807) is 24.3 Å². The average Bonchev–Trinajstić information content (AvgIpc) is 3.55. The van der Waals surface area contributed by atoms with Crippen molar-refractivity contribution in [3.63, 3.8) is 0 Å². The van der Waals surface area contributed by atoms with Crippen LogP contribution in [0, 0.1) is 0 Å². The second-order valence-corrected chi connectivity index (χ2v) is 11.1. The summed E-state index contributed by atoms with van der Waals surface area (Å²) in [6, 6.07) is 40.4. The lowest BCUT2D eigenvalue weighted by atomic mass is 9.98. The van der Waals surface area contributed by atoms with E-state index in [4.69, 9.17) is 31.4 Å². The first kappa shape index (κ1) is 28.3. The van der Waals surface area contributed by atoms with Crippen molar-refractivity contribution in [3.8, 4) is 17.0 Å². The maximum Gasteiger partial charge on any atom is 0.274 e. The quantitative estimate of drug-likeness (QED) is 0.196. The Balaban J connectivity index is 1.17. The molecule has 5 aromatic carbocycles. The minimum atomic E-state index is -0.218. The Kier molecular flexibility index (Phi) is 7.68. The SMILES string of the molecule is COc1ccc(C2=NN(C(=O)c3ccc(Nc4nc(-c5ccccc5)c5cc(Cl)ccc5n4)cc3)[C@H](c3ccccc3)C2)cc1. The average molecular weight is 610 g/mol. The molecule has 1 aromatic heterocycles. The molecule has 220 valence electrons. The summed E-state index contributed by atoms with van der Waals surface area (Å²) in [6.45, 7) is 0. The van der Waals surface area contributed by atoms with E-state index in [0.717, 1.165) is 50.4 Å². The number of benzene rings is 5. The summed E-state index contributed by atoms with van der Waals surface area (Å²) < 4.78 is 5.31. The zero-order valence-corrected chi connectivity index (χ0v) is 25.1. The van der Waals surface area contributed by atoms with Crippen LogP contribution in [0.2, 0.25) is 5.02 Å². The van der Waals surface area contributed by atoms with Crippen LogP contribution < -0.4 is 10.1 Å². The Bertz CT molecular complexity index is 2020. The Labute approximate surface area is 265 Å². The number of methoxy groups -OCH3 is 1. The largest absolute Gasteiger partial charge is 0.497 e. The highest BCUT2D eigenvalue weighted by atomic mass is 35.5. The number of aromatic nitrogens is 2. The van der Waals surface area contributed by atoms with Crippen molar-refractivity contribution in [3.05, 3.63) is 149 Å². The summed E-state index contributed by atoms with van der Waals surface area (Å²) in [7, 11) is 1.64. The van der Waals surface area contributed by atoms with Crippen molar-refractivity contribution >= 4 is 45.8 Å². The van der Waals surface area contributed by atoms with Gasteiger partial charge in [-0.25, -0.2) is 15.0 Å². The number of carbonyl (C=O) groups excluding carboxylic acids is 1. The van der Waals surface area contributed by atoms with Crippen LogP contribution in [0.5, 0.6) is 5.75 Å². The Hall–Kier alpha value is -5.53. The lowest BCUT2D eigenvalue weighted by molar-refractivity contribution is 0.0711. The smallest absolute Gasteiger partial charge is 0.274 e. The first-order chi connectivity index (χ1) is 22.1. The Morgan fingerprint density at radius 3 is 2.24 bits per heavy atom. The molecule has 0 aliphatic carbocycles. The van der Waals surface area contributed by atoms with Gasteiger partial charge in [0.2, 0.25) is 5.95 Å². The molecule has 1 aliphatic rings. The highest BCUT2D eigenvalue weighted by molar-refractivity contribution is 6.31. The molecule has 1 amide bonds. The molecule has 0 saturated heterocycles. The van der Waals surface area contributed by atoms with Crippen LogP contribution in [0.4, 0.5) is 11.6 Å². The van der Waals surface area contributed by atoms with Crippen LogP contribution in [-0.4, -0.2) is 33.7 Å². The number of hydrogen-bond donors (Lipinski definition) is 1. The standard InChI is InChI=1S/C37H28ClN5O2/c1-45-30-19-14-24(15-20-30)33-23-34(25-8-4-2-5-9-25)43(42-33)36(44)27-12-17-29(18-13-27)39-37-40-32-21-16-28(38)22-31(32)35(41-37)26-10-6-3-7-11-26/h2-22,34H,23H2,1H3,(H,39,40,41)/t34-/m0/s1. The van der Waals surface area contributed by atoms with E-state index >= 15 is 0 Å². The van der Waals surface area contributed by atoms with Crippen LogP contribution in [0.1, 0.15) is 33.9 Å². The topological polar surface area (TPSA) is 79.7 Å². The molecule has 2 heterocycles. The van der Waals surface area contributed by atoms with Crippen molar-refractivity contribution in [1.82, 2.24) is 15.0 Å². The number of hydrazone groups is 1. The molecule has 6 aromatic rings. The van der Waals surface area contributed by atoms with Gasteiger partial charge in [0.05, 0.1) is 30.1 Å². The van der Waals surface area contributed by atoms with Gasteiger partial charge >= 0.3 is 0 Å².